The van der Waals surface area contributed by atoms with E-state index in [9.17, 15) is 4.79 Å². The number of nitrogens with zero attached hydrogens (tertiary/aromatic N) is 1. The number of likely N-dealkylation sites (tertiary alicyclic amines) is 1. The van der Waals surface area contributed by atoms with Gasteiger partial charge in [0.1, 0.15) is 0 Å². The maximum absolute atomic E-state index is 12.4. The minimum absolute atomic E-state index is 0.0979. The molecule has 1 unspecified atom stereocenters. The van der Waals surface area contributed by atoms with E-state index in [0.717, 1.165) is 23.9 Å². The lowest BCUT2D eigenvalue weighted by Crippen LogP contribution is -2.42. The Morgan fingerprint density at radius 3 is 2.88 bits per heavy atom. The van der Waals surface area contributed by atoms with Gasteiger partial charge in [-0.1, -0.05) is 11.6 Å². The van der Waals surface area contributed by atoms with Crippen molar-refractivity contribution in [3.05, 3.63) is 33.3 Å². The van der Waals surface area contributed by atoms with Gasteiger partial charge in [-0.05, 0) is 60.3 Å². The van der Waals surface area contributed by atoms with Crippen LogP contribution in [0.1, 0.15) is 36.5 Å². The summed E-state index contributed by atoms with van der Waals surface area (Å²) < 4.78 is 0.771. The van der Waals surface area contributed by atoms with Crippen molar-refractivity contribution >= 4 is 33.4 Å². The Hall–Kier alpha value is -0.540. The lowest BCUT2D eigenvalue weighted by atomic mass is 10.0. The van der Waals surface area contributed by atoms with Gasteiger partial charge >= 0.3 is 0 Å². The van der Waals surface area contributed by atoms with Gasteiger partial charge in [0.25, 0.3) is 5.91 Å². The molecule has 0 aliphatic carbocycles. The zero-order chi connectivity index (χ0) is 12.4. The highest BCUT2D eigenvalue weighted by Gasteiger charge is 2.25. The van der Waals surface area contributed by atoms with Crippen molar-refractivity contribution in [1.82, 2.24) is 4.90 Å². The van der Waals surface area contributed by atoms with Gasteiger partial charge in [0.15, 0.2) is 0 Å². The third-order valence-corrected chi connectivity index (χ3v) is 4.12. The number of carbonyl (C=O) groups is 1. The van der Waals surface area contributed by atoms with Crippen LogP contribution in [-0.2, 0) is 0 Å². The molecule has 0 spiro atoms. The van der Waals surface area contributed by atoms with E-state index in [2.05, 4.69) is 22.9 Å². The summed E-state index contributed by atoms with van der Waals surface area (Å²) in [5.41, 5.74) is 0.697. The second-order valence-electron chi connectivity index (χ2n) is 4.47. The van der Waals surface area contributed by atoms with Gasteiger partial charge in [-0.15, -0.1) is 0 Å². The lowest BCUT2D eigenvalue weighted by molar-refractivity contribution is 0.0634. The normalized spacial score (nSPS) is 20.4. The van der Waals surface area contributed by atoms with Crippen LogP contribution in [0.2, 0.25) is 5.02 Å². The Kier molecular flexibility index (Phi) is 4.10. The van der Waals surface area contributed by atoms with Crippen LogP contribution >= 0.6 is 27.5 Å². The molecule has 4 heteroatoms. The summed E-state index contributed by atoms with van der Waals surface area (Å²) in [6.45, 7) is 2.97. The molecule has 1 atom stereocenters. The molecule has 92 valence electrons. The van der Waals surface area contributed by atoms with E-state index in [1.807, 2.05) is 4.90 Å². The Morgan fingerprint density at radius 2 is 2.24 bits per heavy atom. The summed E-state index contributed by atoms with van der Waals surface area (Å²) in [6, 6.07) is 5.65. The molecule has 0 N–H and O–H groups in total. The first-order chi connectivity index (χ1) is 8.09. The number of carbonyl (C=O) groups excluding carboxylic acids is 1. The fourth-order valence-corrected chi connectivity index (χ4v) is 3.07. The van der Waals surface area contributed by atoms with Crippen molar-refractivity contribution in [3.8, 4) is 0 Å². The van der Waals surface area contributed by atoms with Gasteiger partial charge in [0, 0.05) is 22.1 Å². The van der Waals surface area contributed by atoms with Gasteiger partial charge in [-0.2, -0.15) is 0 Å². The third kappa shape index (κ3) is 2.83. The van der Waals surface area contributed by atoms with E-state index in [0.29, 0.717) is 16.6 Å². The van der Waals surface area contributed by atoms with Crippen LogP contribution in [0, 0.1) is 0 Å². The van der Waals surface area contributed by atoms with Crippen molar-refractivity contribution in [3.63, 3.8) is 0 Å². The average Bonchev–Trinajstić information content (AvgIpc) is 2.29. The summed E-state index contributed by atoms with van der Waals surface area (Å²) >= 11 is 9.28. The first-order valence-electron chi connectivity index (χ1n) is 5.85. The molecular formula is C13H15BrClNO. The molecule has 1 heterocycles. The number of benzene rings is 1. The monoisotopic (exact) mass is 315 g/mol. The van der Waals surface area contributed by atoms with E-state index in [-0.39, 0.29) is 5.91 Å². The largest absolute Gasteiger partial charge is 0.336 e. The standard InChI is InChI=1S/C13H15BrClNO/c1-9-4-2-3-7-16(9)13(17)11-6-5-10(15)8-12(11)14/h5-6,8-9H,2-4,7H2,1H3. The molecule has 2 nitrogen and oxygen atoms in total. The Bertz CT molecular complexity index is 435. The highest BCUT2D eigenvalue weighted by atomic mass is 79.9. The number of piperidine rings is 1. The average molecular weight is 317 g/mol. The second-order valence-corrected chi connectivity index (χ2v) is 5.76. The molecule has 1 aliphatic heterocycles. The molecule has 0 aromatic heterocycles. The smallest absolute Gasteiger partial charge is 0.255 e. The predicted molar refractivity (Wildman–Crippen MR) is 73.5 cm³/mol. The van der Waals surface area contributed by atoms with Gasteiger partial charge in [-0.3, -0.25) is 4.79 Å². The molecule has 1 saturated heterocycles. The molecule has 2 rings (SSSR count). The minimum Gasteiger partial charge on any atom is -0.336 e. The summed E-state index contributed by atoms with van der Waals surface area (Å²) in [5, 5.41) is 0.639. The van der Waals surface area contributed by atoms with Gasteiger partial charge in [0.2, 0.25) is 0 Å². The molecule has 17 heavy (non-hydrogen) atoms. The zero-order valence-corrected chi connectivity index (χ0v) is 12.1. The highest BCUT2D eigenvalue weighted by Crippen LogP contribution is 2.25. The number of hydrogen-bond donors (Lipinski definition) is 0. The molecule has 0 radical (unpaired) electrons. The van der Waals surface area contributed by atoms with Crippen LogP contribution in [0.5, 0.6) is 0 Å². The summed E-state index contributed by atoms with van der Waals surface area (Å²) in [6.07, 6.45) is 3.41. The molecule has 1 aromatic rings. The van der Waals surface area contributed by atoms with Gasteiger partial charge < -0.3 is 4.90 Å². The van der Waals surface area contributed by atoms with Crippen molar-refractivity contribution in [2.45, 2.75) is 32.2 Å². The van der Waals surface area contributed by atoms with Gasteiger partial charge in [0.05, 0.1) is 5.56 Å². The van der Waals surface area contributed by atoms with Crippen LogP contribution in [0.15, 0.2) is 22.7 Å². The fourth-order valence-electron chi connectivity index (χ4n) is 2.22. The number of hydrogen-bond acceptors (Lipinski definition) is 1. The third-order valence-electron chi connectivity index (χ3n) is 3.23. The van der Waals surface area contributed by atoms with E-state index in [1.165, 1.54) is 6.42 Å². The summed E-state index contributed by atoms with van der Waals surface area (Å²) in [4.78, 5) is 14.4. The topological polar surface area (TPSA) is 20.3 Å². The molecule has 0 saturated carbocycles. The molecule has 1 aromatic carbocycles. The first-order valence-corrected chi connectivity index (χ1v) is 7.02. The van der Waals surface area contributed by atoms with Crippen LogP contribution < -0.4 is 0 Å². The lowest BCUT2D eigenvalue weighted by Gasteiger charge is -2.33. The number of rotatable bonds is 1. The van der Waals surface area contributed by atoms with Crippen LogP contribution in [0.3, 0.4) is 0 Å². The van der Waals surface area contributed by atoms with Crippen LogP contribution in [0.4, 0.5) is 0 Å². The summed E-state index contributed by atoms with van der Waals surface area (Å²) in [7, 11) is 0. The number of amides is 1. The molecule has 1 amide bonds. The van der Waals surface area contributed by atoms with Crippen LogP contribution in [0.25, 0.3) is 0 Å². The quantitative estimate of drug-likeness (QED) is 0.763. The molecule has 1 fully saturated rings. The summed E-state index contributed by atoms with van der Waals surface area (Å²) in [5.74, 6) is 0.0979. The van der Waals surface area contributed by atoms with Crippen molar-refractivity contribution in [2.75, 3.05) is 6.54 Å². The first kappa shape index (κ1) is 12.9. The SMILES string of the molecule is CC1CCCCN1C(=O)c1ccc(Cl)cc1Br. The molecule has 0 bridgehead atoms. The van der Waals surface area contributed by atoms with Crippen molar-refractivity contribution < 1.29 is 4.79 Å². The van der Waals surface area contributed by atoms with Gasteiger partial charge in [-0.25, -0.2) is 0 Å². The Morgan fingerprint density at radius 1 is 1.47 bits per heavy atom. The highest BCUT2D eigenvalue weighted by molar-refractivity contribution is 9.10. The minimum atomic E-state index is 0.0979. The predicted octanol–water partition coefficient (Wildman–Crippen LogP) is 4.12. The Balaban J connectivity index is 2.24. The molecular weight excluding hydrogens is 302 g/mol. The molecule has 1 aliphatic rings. The van der Waals surface area contributed by atoms with E-state index in [1.54, 1.807) is 18.2 Å². The van der Waals surface area contributed by atoms with E-state index >= 15 is 0 Å². The number of halogens is 2. The van der Waals surface area contributed by atoms with Crippen LogP contribution in [-0.4, -0.2) is 23.4 Å². The maximum atomic E-state index is 12.4. The zero-order valence-electron chi connectivity index (χ0n) is 9.75. The van der Waals surface area contributed by atoms with Crippen molar-refractivity contribution in [2.24, 2.45) is 0 Å². The fraction of sp³-hybridized carbons (Fsp3) is 0.462. The van der Waals surface area contributed by atoms with Crippen molar-refractivity contribution in [1.29, 1.82) is 0 Å². The van der Waals surface area contributed by atoms with E-state index in [4.69, 9.17) is 11.6 Å². The Labute approximate surface area is 115 Å². The second kappa shape index (κ2) is 5.40. The van der Waals surface area contributed by atoms with E-state index < -0.39 is 0 Å². The maximum Gasteiger partial charge on any atom is 0.255 e.